The Bertz CT molecular complexity index is 1690. The maximum absolute atomic E-state index is 13.7. The van der Waals surface area contributed by atoms with Crippen LogP contribution >= 0.6 is 0 Å². The summed E-state index contributed by atoms with van der Waals surface area (Å²) in [5.41, 5.74) is 9.42. The number of urea groups is 1. The first-order valence-electron chi connectivity index (χ1n) is 16.3. The first kappa shape index (κ1) is 31.3. The Morgan fingerprint density at radius 1 is 0.609 bits per heavy atom. The van der Waals surface area contributed by atoms with Crippen LogP contribution < -0.4 is 9.80 Å². The zero-order chi connectivity index (χ0) is 33.1. The summed E-state index contributed by atoms with van der Waals surface area (Å²) in [6.07, 6.45) is 9.86. The van der Waals surface area contributed by atoms with Crippen molar-refractivity contribution in [1.29, 1.82) is 0 Å². The second-order valence-corrected chi connectivity index (χ2v) is 13.5. The molecule has 2 fully saturated rings. The van der Waals surface area contributed by atoms with Gasteiger partial charge in [0.2, 0.25) is 0 Å². The van der Waals surface area contributed by atoms with Crippen molar-refractivity contribution >= 4 is 29.2 Å². The Kier molecular flexibility index (Phi) is 7.70. The predicted molar refractivity (Wildman–Crippen MR) is 185 cm³/mol. The van der Waals surface area contributed by atoms with E-state index < -0.39 is 17.8 Å². The molecule has 1 aliphatic carbocycles. The van der Waals surface area contributed by atoms with Crippen molar-refractivity contribution in [1.82, 2.24) is 9.80 Å². The smallest absolute Gasteiger partial charge is 0.333 e. The van der Waals surface area contributed by atoms with Crippen molar-refractivity contribution in [2.24, 2.45) is 0 Å². The Labute approximate surface area is 272 Å². The standard InChI is InChI=1S/C39H44N4O3/c1-9-42-29-17-13-11-15-27(29)38(3,4)31(42)23-21-25-19-20-26(33(25)34-35(44)40(7)37(46)41(8)36(34)45)22-24-32-39(5,6)28-16-12-14-18-30(28)43(32)10-2/h11-18,21-24H,9-10,19-20H2,1-8H3/b25-21+,26-22?,31-23+,32-24?. The van der Waals surface area contributed by atoms with Gasteiger partial charge in [-0.05, 0) is 78.8 Å². The lowest BCUT2D eigenvalue weighted by molar-refractivity contribution is -0.134. The number of rotatable bonds is 4. The molecule has 0 spiro atoms. The second kappa shape index (κ2) is 11.3. The van der Waals surface area contributed by atoms with Gasteiger partial charge in [-0.2, -0.15) is 0 Å². The number of hydrogen-bond acceptors (Lipinski definition) is 5. The summed E-state index contributed by atoms with van der Waals surface area (Å²) in [6, 6.07) is 16.4. The maximum atomic E-state index is 13.7. The van der Waals surface area contributed by atoms with E-state index in [1.165, 1.54) is 48.0 Å². The molecule has 7 heteroatoms. The summed E-state index contributed by atoms with van der Waals surface area (Å²) in [5.74, 6) is -1.12. The van der Waals surface area contributed by atoms with Crippen LogP contribution in [0.4, 0.5) is 16.2 Å². The molecule has 0 N–H and O–H groups in total. The Morgan fingerprint density at radius 2 is 1.00 bits per heavy atom. The van der Waals surface area contributed by atoms with Gasteiger partial charge in [0.25, 0.3) is 11.8 Å². The zero-order valence-electron chi connectivity index (χ0n) is 28.3. The van der Waals surface area contributed by atoms with Crippen LogP contribution in [0.5, 0.6) is 0 Å². The highest BCUT2D eigenvalue weighted by Gasteiger charge is 2.43. The minimum atomic E-state index is -0.620. The van der Waals surface area contributed by atoms with E-state index in [4.69, 9.17) is 0 Å². The van der Waals surface area contributed by atoms with Gasteiger partial charge < -0.3 is 9.80 Å². The van der Waals surface area contributed by atoms with Crippen LogP contribution in [-0.4, -0.2) is 54.8 Å². The van der Waals surface area contributed by atoms with E-state index in [0.717, 1.165) is 34.0 Å². The monoisotopic (exact) mass is 616 g/mol. The topological polar surface area (TPSA) is 64.2 Å². The van der Waals surface area contributed by atoms with Gasteiger partial charge in [0.1, 0.15) is 5.57 Å². The molecule has 0 aromatic heterocycles. The second-order valence-electron chi connectivity index (χ2n) is 13.5. The molecule has 0 bridgehead atoms. The van der Waals surface area contributed by atoms with Crippen molar-refractivity contribution in [3.05, 3.63) is 118 Å². The van der Waals surface area contributed by atoms with E-state index in [2.05, 4.69) is 124 Å². The largest absolute Gasteiger partial charge is 0.344 e. The number of barbiturate groups is 1. The average Bonchev–Trinajstić information content (AvgIpc) is 3.61. The Morgan fingerprint density at radius 3 is 1.39 bits per heavy atom. The molecule has 7 nitrogen and oxygen atoms in total. The molecule has 3 heterocycles. The molecule has 238 valence electrons. The number of benzene rings is 2. The number of imide groups is 2. The fraction of sp³-hybridized carbons (Fsp3) is 0.359. The molecule has 4 amide bonds. The van der Waals surface area contributed by atoms with Gasteiger partial charge in [-0.1, -0.05) is 76.2 Å². The molecular weight excluding hydrogens is 572 g/mol. The number of amides is 4. The number of nitrogens with zero attached hydrogens (tertiary/aromatic N) is 4. The summed E-state index contributed by atoms with van der Waals surface area (Å²) >= 11 is 0. The fourth-order valence-electron chi connectivity index (χ4n) is 7.74. The third kappa shape index (κ3) is 4.58. The number of carbonyl (C=O) groups is 3. The number of carbonyl (C=O) groups excluding carboxylic acids is 3. The number of likely N-dealkylation sites (N-methyl/N-ethyl adjacent to an activating group) is 4. The summed E-state index contributed by atoms with van der Waals surface area (Å²) in [5, 5.41) is 0. The van der Waals surface area contributed by atoms with Gasteiger partial charge in [-0.15, -0.1) is 0 Å². The summed E-state index contributed by atoms with van der Waals surface area (Å²) in [4.78, 5) is 46.8. The van der Waals surface area contributed by atoms with Crippen LogP contribution in [0.3, 0.4) is 0 Å². The lowest BCUT2D eigenvalue weighted by Gasteiger charge is -2.30. The lowest BCUT2D eigenvalue weighted by Crippen LogP contribution is -2.53. The van der Waals surface area contributed by atoms with Crippen molar-refractivity contribution in [2.75, 3.05) is 37.0 Å². The third-order valence-corrected chi connectivity index (χ3v) is 10.3. The predicted octanol–water partition coefficient (Wildman–Crippen LogP) is 7.38. The maximum Gasteiger partial charge on any atom is 0.333 e. The molecular formula is C39H44N4O3. The number of allylic oxidation sites excluding steroid dienone is 9. The number of fused-ring (bicyclic) bond motifs is 2. The van der Waals surface area contributed by atoms with Crippen LogP contribution in [0.1, 0.15) is 65.5 Å². The molecule has 46 heavy (non-hydrogen) atoms. The van der Waals surface area contributed by atoms with Gasteiger partial charge in [-0.3, -0.25) is 19.4 Å². The lowest BCUT2D eigenvalue weighted by atomic mass is 9.83. The third-order valence-electron chi connectivity index (χ3n) is 10.3. The fourth-order valence-corrected chi connectivity index (χ4v) is 7.74. The van der Waals surface area contributed by atoms with E-state index >= 15 is 0 Å². The highest BCUT2D eigenvalue weighted by Crippen LogP contribution is 2.49. The molecule has 0 atom stereocenters. The summed E-state index contributed by atoms with van der Waals surface area (Å²) < 4.78 is 0. The van der Waals surface area contributed by atoms with Crippen molar-refractivity contribution < 1.29 is 14.4 Å². The minimum Gasteiger partial charge on any atom is -0.344 e. The van der Waals surface area contributed by atoms with Crippen molar-refractivity contribution in [2.45, 2.75) is 65.2 Å². The molecule has 6 rings (SSSR count). The van der Waals surface area contributed by atoms with Crippen LogP contribution in [0.25, 0.3) is 0 Å². The zero-order valence-corrected chi connectivity index (χ0v) is 28.3. The number of para-hydroxylation sites is 2. The van der Waals surface area contributed by atoms with E-state index in [9.17, 15) is 14.4 Å². The SMILES string of the molecule is CCN1C(=CC=C2CC/C(=C\C=C3\N(CC)c4ccccc4C3(C)C)C2=C2C(=O)N(C)C(=O)N(C)C2=O)C(C)(C)c2ccccc21. The first-order valence-corrected chi connectivity index (χ1v) is 16.3. The van der Waals surface area contributed by atoms with Crippen LogP contribution in [0, 0.1) is 0 Å². The highest BCUT2D eigenvalue weighted by molar-refractivity contribution is 6.29. The minimum absolute atomic E-state index is 0.0547. The molecule has 2 aromatic rings. The quantitative estimate of drug-likeness (QED) is 0.265. The first-order chi connectivity index (χ1) is 21.9. The molecule has 3 aliphatic heterocycles. The molecule has 4 aliphatic rings. The molecule has 1 saturated heterocycles. The van der Waals surface area contributed by atoms with Gasteiger partial charge in [0, 0.05) is 60.8 Å². The average molecular weight is 617 g/mol. The van der Waals surface area contributed by atoms with Gasteiger partial charge in [-0.25, -0.2) is 4.79 Å². The van der Waals surface area contributed by atoms with Crippen LogP contribution in [0.2, 0.25) is 0 Å². The van der Waals surface area contributed by atoms with Gasteiger partial charge in [0.15, 0.2) is 0 Å². The van der Waals surface area contributed by atoms with Crippen LogP contribution in [-0.2, 0) is 20.4 Å². The highest BCUT2D eigenvalue weighted by atomic mass is 16.2. The number of hydrogen-bond donors (Lipinski definition) is 0. The molecule has 2 aromatic carbocycles. The van der Waals surface area contributed by atoms with E-state index in [1.807, 2.05) is 0 Å². The summed E-state index contributed by atoms with van der Waals surface area (Å²) in [7, 11) is 2.88. The Balaban J connectivity index is 1.51. The van der Waals surface area contributed by atoms with Crippen LogP contribution in [0.15, 0.2) is 107 Å². The normalized spacial score (nSPS) is 24.0. The van der Waals surface area contributed by atoms with E-state index in [1.54, 1.807) is 0 Å². The van der Waals surface area contributed by atoms with Gasteiger partial charge in [0.05, 0.1) is 0 Å². The molecule has 0 radical (unpaired) electrons. The molecule has 1 saturated carbocycles. The van der Waals surface area contributed by atoms with E-state index in [-0.39, 0.29) is 16.4 Å². The van der Waals surface area contributed by atoms with Gasteiger partial charge >= 0.3 is 6.03 Å². The number of anilines is 2. The Hall–Kier alpha value is -4.65. The van der Waals surface area contributed by atoms with Crippen molar-refractivity contribution in [3.63, 3.8) is 0 Å². The molecule has 0 unspecified atom stereocenters. The summed E-state index contributed by atoms with van der Waals surface area (Å²) in [6.45, 7) is 14.9. The van der Waals surface area contributed by atoms with Crippen molar-refractivity contribution in [3.8, 4) is 0 Å². The van der Waals surface area contributed by atoms with E-state index in [0.29, 0.717) is 18.4 Å².